The molecule has 9 nitrogen and oxygen atoms in total. The standard InChI is InChI=1S/C32H33FN4O5S/c1-19-24(10-13-28(29(19)33)43(2,40)41)32(39)37-14-15-42-27-12-9-20(16-22(27)18-37)21-8-11-25-26(17-21)36-30(35-25)31(38)34-23-6-4-3-5-7-23/h8-13,16-17,23H,3-7,14-15,18H2,1-2H3,(H,34,38)(H,35,36). The molecule has 0 spiro atoms. The fraction of sp³-hybridized carbons (Fsp3) is 0.344. The Labute approximate surface area is 249 Å². The number of halogens is 1. The highest BCUT2D eigenvalue weighted by Crippen LogP contribution is 2.32. The van der Waals surface area contributed by atoms with E-state index < -0.39 is 26.5 Å². The molecule has 224 valence electrons. The molecule has 4 aromatic rings. The summed E-state index contributed by atoms with van der Waals surface area (Å²) in [6, 6.07) is 14.2. The predicted molar refractivity (Wildman–Crippen MR) is 160 cm³/mol. The van der Waals surface area contributed by atoms with Crippen LogP contribution >= 0.6 is 0 Å². The molecule has 0 radical (unpaired) electrons. The second kappa shape index (κ2) is 11.4. The molecule has 0 atom stereocenters. The number of imidazole rings is 1. The van der Waals surface area contributed by atoms with Crippen molar-refractivity contribution in [3.05, 3.63) is 76.9 Å². The molecule has 43 heavy (non-hydrogen) atoms. The number of fused-ring (bicyclic) bond motifs is 2. The van der Waals surface area contributed by atoms with E-state index in [9.17, 15) is 22.4 Å². The number of amides is 2. The molecular weight excluding hydrogens is 571 g/mol. The summed E-state index contributed by atoms with van der Waals surface area (Å²) in [7, 11) is -3.77. The van der Waals surface area contributed by atoms with Crippen molar-refractivity contribution in [2.75, 3.05) is 19.4 Å². The lowest BCUT2D eigenvalue weighted by molar-refractivity contribution is 0.0731. The van der Waals surface area contributed by atoms with Crippen LogP contribution in [0.3, 0.4) is 0 Å². The highest BCUT2D eigenvalue weighted by atomic mass is 32.2. The van der Waals surface area contributed by atoms with Gasteiger partial charge >= 0.3 is 0 Å². The van der Waals surface area contributed by atoms with Crippen molar-refractivity contribution < 1.29 is 27.1 Å². The van der Waals surface area contributed by atoms with Gasteiger partial charge in [-0.15, -0.1) is 0 Å². The Hall–Kier alpha value is -4.25. The largest absolute Gasteiger partial charge is 0.491 e. The van der Waals surface area contributed by atoms with Gasteiger partial charge in [-0.05, 0) is 72.9 Å². The van der Waals surface area contributed by atoms with Gasteiger partial charge in [0.25, 0.3) is 11.8 Å². The van der Waals surface area contributed by atoms with Crippen LogP contribution in [0.15, 0.2) is 53.4 Å². The van der Waals surface area contributed by atoms with Crippen molar-refractivity contribution >= 4 is 32.7 Å². The molecule has 2 amide bonds. The van der Waals surface area contributed by atoms with Crippen LogP contribution in [0.5, 0.6) is 5.75 Å². The van der Waals surface area contributed by atoms with Gasteiger partial charge in [-0.3, -0.25) is 9.59 Å². The number of aromatic nitrogens is 2. The fourth-order valence-corrected chi connectivity index (χ4v) is 6.69. The van der Waals surface area contributed by atoms with E-state index in [1.54, 1.807) is 4.90 Å². The zero-order valence-corrected chi connectivity index (χ0v) is 24.9. The second-order valence-electron chi connectivity index (χ2n) is 11.3. The number of sulfone groups is 1. The minimum absolute atomic E-state index is 0.00767. The Kier molecular flexibility index (Phi) is 7.68. The number of ether oxygens (including phenoxy) is 1. The molecule has 1 aliphatic heterocycles. The Morgan fingerprint density at radius 3 is 2.56 bits per heavy atom. The zero-order valence-electron chi connectivity index (χ0n) is 24.1. The van der Waals surface area contributed by atoms with Crippen LogP contribution in [-0.2, 0) is 16.4 Å². The average Bonchev–Trinajstić information content (AvgIpc) is 3.30. The Balaban J connectivity index is 1.24. The molecule has 1 aliphatic carbocycles. The van der Waals surface area contributed by atoms with Gasteiger partial charge in [0.1, 0.15) is 23.1 Å². The summed E-state index contributed by atoms with van der Waals surface area (Å²) in [6.45, 7) is 2.18. The maximum atomic E-state index is 14.9. The fourth-order valence-electron chi connectivity index (χ4n) is 5.89. The predicted octanol–water partition coefficient (Wildman–Crippen LogP) is 5.18. The van der Waals surface area contributed by atoms with E-state index >= 15 is 0 Å². The molecule has 6 rings (SSSR count). The van der Waals surface area contributed by atoms with Crippen LogP contribution < -0.4 is 10.1 Å². The number of rotatable bonds is 5. The molecule has 0 saturated heterocycles. The van der Waals surface area contributed by atoms with Gasteiger partial charge < -0.3 is 19.9 Å². The number of H-pyrrole nitrogens is 1. The van der Waals surface area contributed by atoms with E-state index in [0.29, 0.717) is 17.1 Å². The molecule has 1 aromatic heterocycles. The number of nitrogens with zero attached hydrogens (tertiary/aromatic N) is 2. The quantitative estimate of drug-likeness (QED) is 0.324. The normalized spacial score (nSPS) is 15.9. The van der Waals surface area contributed by atoms with E-state index in [1.807, 2.05) is 36.4 Å². The van der Waals surface area contributed by atoms with E-state index in [0.717, 1.165) is 60.2 Å². The maximum Gasteiger partial charge on any atom is 0.287 e. The van der Waals surface area contributed by atoms with Crippen molar-refractivity contribution in [1.82, 2.24) is 20.2 Å². The van der Waals surface area contributed by atoms with Crippen LogP contribution in [0.2, 0.25) is 0 Å². The summed E-state index contributed by atoms with van der Waals surface area (Å²) in [4.78, 5) is 35.1. The van der Waals surface area contributed by atoms with Gasteiger partial charge in [0.15, 0.2) is 15.7 Å². The molecule has 1 fully saturated rings. The number of benzene rings is 3. The highest BCUT2D eigenvalue weighted by molar-refractivity contribution is 7.90. The summed E-state index contributed by atoms with van der Waals surface area (Å²) >= 11 is 0. The topological polar surface area (TPSA) is 121 Å². The lowest BCUT2D eigenvalue weighted by atomic mass is 9.95. The van der Waals surface area contributed by atoms with Crippen molar-refractivity contribution in [2.24, 2.45) is 0 Å². The van der Waals surface area contributed by atoms with Crippen molar-refractivity contribution in [3.8, 4) is 16.9 Å². The summed E-state index contributed by atoms with van der Waals surface area (Å²) < 4.78 is 44.7. The average molecular weight is 605 g/mol. The number of nitrogens with one attached hydrogen (secondary N) is 2. The minimum Gasteiger partial charge on any atom is -0.491 e. The molecule has 3 aromatic carbocycles. The molecule has 2 N–H and O–H groups in total. The smallest absolute Gasteiger partial charge is 0.287 e. The van der Waals surface area contributed by atoms with E-state index in [4.69, 9.17) is 4.74 Å². The molecule has 1 saturated carbocycles. The first kappa shape index (κ1) is 28.9. The van der Waals surface area contributed by atoms with Crippen LogP contribution in [0, 0.1) is 12.7 Å². The Bertz CT molecular complexity index is 1850. The van der Waals surface area contributed by atoms with Gasteiger partial charge in [0, 0.05) is 30.0 Å². The van der Waals surface area contributed by atoms with Gasteiger partial charge in [-0.2, -0.15) is 0 Å². The van der Waals surface area contributed by atoms with E-state index in [-0.39, 0.29) is 42.8 Å². The number of aromatic amines is 1. The number of carbonyl (C=O) groups is 2. The second-order valence-corrected chi connectivity index (χ2v) is 13.3. The molecule has 0 unspecified atom stereocenters. The molecule has 11 heteroatoms. The molecular formula is C32H33FN4O5S. The van der Waals surface area contributed by atoms with E-state index in [1.165, 1.54) is 19.4 Å². The lowest BCUT2D eigenvalue weighted by Gasteiger charge is -2.22. The van der Waals surface area contributed by atoms with Crippen LogP contribution in [0.4, 0.5) is 4.39 Å². The van der Waals surface area contributed by atoms with Gasteiger partial charge in [-0.25, -0.2) is 17.8 Å². The first-order valence-electron chi connectivity index (χ1n) is 14.4. The van der Waals surface area contributed by atoms with Crippen molar-refractivity contribution in [3.63, 3.8) is 0 Å². The highest BCUT2D eigenvalue weighted by Gasteiger charge is 2.26. The SMILES string of the molecule is Cc1c(C(=O)N2CCOc3ccc(-c4ccc5nc(C(=O)NC6CCCCC6)[nH]c5c4)cc3C2)ccc(S(C)(=O)=O)c1F. The van der Waals surface area contributed by atoms with Gasteiger partial charge in [0.05, 0.1) is 17.6 Å². The van der Waals surface area contributed by atoms with Crippen molar-refractivity contribution in [1.29, 1.82) is 0 Å². The first-order valence-corrected chi connectivity index (χ1v) is 16.3. The summed E-state index contributed by atoms with van der Waals surface area (Å²) in [5.74, 6) is -0.572. The summed E-state index contributed by atoms with van der Waals surface area (Å²) in [6.07, 6.45) is 6.39. The third kappa shape index (κ3) is 5.86. The van der Waals surface area contributed by atoms with Gasteiger partial charge in [0.2, 0.25) is 0 Å². The van der Waals surface area contributed by atoms with E-state index in [2.05, 4.69) is 15.3 Å². The van der Waals surface area contributed by atoms with Crippen molar-refractivity contribution in [2.45, 2.75) is 56.5 Å². The number of hydrogen-bond donors (Lipinski definition) is 2. The summed E-state index contributed by atoms with van der Waals surface area (Å²) in [5, 5.41) is 3.10. The van der Waals surface area contributed by atoms with Crippen LogP contribution in [0.25, 0.3) is 22.2 Å². The third-order valence-electron chi connectivity index (χ3n) is 8.28. The summed E-state index contributed by atoms with van der Waals surface area (Å²) in [5.41, 5.74) is 4.10. The Morgan fingerprint density at radius 2 is 1.79 bits per heavy atom. The van der Waals surface area contributed by atoms with Crippen LogP contribution in [-0.4, -0.2) is 60.5 Å². The Morgan fingerprint density at radius 1 is 1.05 bits per heavy atom. The molecule has 0 bridgehead atoms. The first-order chi connectivity index (χ1) is 20.6. The monoisotopic (exact) mass is 604 g/mol. The minimum atomic E-state index is -3.77. The number of hydrogen-bond acceptors (Lipinski definition) is 6. The number of carbonyl (C=O) groups excluding carboxylic acids is 2. The maximum absolute atomic E-state index is 14.9. The van der Waals surface area contributed by atoms with Gasteiger partial charge in [-0.1, -0.05) is 31.4 Å². The lowest BCUT2D eigenvalue weighted by Crippen LogP contribution is -2.36. The zero-order chi connectivity index (χ0) is 30.3. The molecule has 2 aliphatic rings. The van der Waals surface area contributed by atoms with Crippen LogP contribution in [0.1, 0.15) is 64.2 Å². The third-order valence-corrected chi connectivity index (χ3v) is 9.39. The molecule has 2 heterocycles.